The van der Waals surface area contributed by atoms with Gasteiger partial charge in [0, 0.05) is 11.8 Å². The molecule has 0 bridgehead atoms. The van der Waals surface area contributed by atoms with Gasteiger partial charge in [0.2, 0.25) is 0 Å². The number of nitrogens with one attached hydrogen (secondary N) is 1. The first-order valence-corrected chi connectivity index (χ1v) is 12.1. The maximum atomic E-state index is 12.5. The summed E-state index contributed by atoms with van der Waals surface area (Å²) in [5.74, 6) is 0.748. The van der Waals surface area contributed by atoms with Crippen LogP contribution in [0.1, 0.15) is 64.9 Å². The molecule has 2 aromatic heterocycles. The molecule has 1 atom stereocenters. The summed E-state index contributed by atoms with van der Waals surface area (Å²) in [6, 6.07) is 9.55. The van der Waals surface area contributed by atoms with E-state index in [1.807, 2.05) is 53.7 Å². The minimum absolute atomic E-state index is 0.181. The van der Waals surface area contributed by atoms with Crippen molar-refractivity contribution in [2.24, 2.45) is 5.92 Å². The highest BCUT2D eigenvalue weighted by molar-refractivity contribution is 5.89. The Morgan fingerprint density at radius 1 is 1.11 bits per heavy atom. The van der Waals surface area contributed by atoms with Crippen molar-refractivity contribution in [1.29, 1.82) is 5.26 Å². The number of amides is 1. The Balaban J connectivity index is 1.88. The van der Waals surface area contributed by atoms with Crippen LogP contribution < -0.4 is 10.1 Å². The first kappa shape index (κ1) is 26.9. The van der Waals surface area contributed by atoms with Gasteiger partial charge in [0.25, 0.3) is 0 Å². The van der Waals surface area contributed by atoms with Crippen molar-refractivity contribution < 1.29 is 14.3 Å². The minimum atomic E-state index is -0.686. The highest BCUT2D eigenvalue weighted by Gasteiger charge is 2.31. The lowest BCUT2D eigenvalue weighted by atomic mass is 9.91. The molecule has 1 aromatic carbocycles. The second-order valence-corrected chi connectivity index (χ2v) is 10.8. The summed E-state index contributed by atoms with van der Waals surface area (Å²) in [6.07, 6.45) is 1.87. The van der Waals surface area contributed by atoms with E-state index in [0.717, 1.165) is 22.5 Å². The first-order chi connectivity index (χ1) is 16.8. The van der Waals surface area contributed by atoms with Gasteiger partial charge in [0.1, 0.15) is 29.5 Å². The molecule has 0 fully saturated rings. The molecule has 1 amide bonds. The molecule has 0 aliphatic rings. The fourth-order valence-electron chi connectivity index (χ4n) is 4.10. The van der Waals surface area contributed by atoms with Crippen LogP contribution in [0, 0.1) is 31.1 Å². The number of alkyl carbamates (subject to hydrolysis) is 1. The van der Waals surface area contributed by atoms with E-state index in [2.05, 4.69) is 40.2 Å². The Kier molecular flexibility index (Phi) is 7.83. The van der Waals surface area contributed by atoms with Crippen molar-refractivity contribution in [1.82, 2.24) is 20.3 Å². The fourth-order valence-corrected chi connectivity index (χ4v) is 4.10. The molecule has 3 aromatic rings. The van der Waals surface area contributed by atoms with Gasteiger partial charge in [0.15, 0.2) is 5.65 Å². The maximum Gasteiger partial charge on any atom is 0.408 e. The number of hydrogen-bond donors (Lipinski definition) is 1. The van der Waals surface area contributed by atoms with Crippen LogP contribution in [0.25, 0.3) is 22.3 Å². The molecule has 3 rings (SSSR count). The van der Waals surface area contributed by atoms with Crippen molar-refractivity contribution in [2.45, 2.75) is 73.0 Å². The van der Waals surface area contributed by atoms with Gasteiger partial charge in [-0.2, -0.15) is 5.26 Å². The number of hydrogen-bond acceptors (Lipinski definition) is 7. The predicted molar refractivity (Wildman–Crippen MR) is 140 cm³/mol. The van der Waals surface area contributed by atoms with Gasteiger partial charge in [-0.15, -0.1) is 0 Å². The molecule has 0 radical (unpaired) electrons. The summed E-state index contributed by atoms with van der Waals surface area (Å²) in [6.45, 7) is 15.5. The maximum absolute atomic E-state index is 12.5. The molecule has 2 heterocycles. The largest absolute Gasteiger partial charge is 0.490 e. The van der Waals surface area contributed by atoms with E-state index in [-0.39, 0.29) is 6.61 Å². The van der Waals surface area contributed by atoms with Crippen LogP contribution in [-0.4, -0.2) is 38.8 Å². The fraction of sp³-hybridized carbons (Fsp3) is 0.464. The lowest BCUT2D eigenvalue weighted by molar-refractivity contribution is 0.0408. The van der Waals surface area contributed by atoms with E-state index in [4.69, 9.17) is 9.47 Å². The molecule has 0 saturated heterocycles. The van der Waals surface area contributed by atoms with Crippen LogP contribution >= 0.6 is 0 Å². The zero-order valence-corrected chi connectivity index (χ0v) is 22.4. The molecule has 0 spiro atoms. The lowest BCUT2D eigenvalue weighted by Gasteiger charge is -2.33. The topological polar surface area (TPSA) is 110 Å². The summed E-state index contributed by atoms with van der Waals surface area (Å²) < 4.78 is 11.6. The number of carbonyl (C=O) groups excluding carboxylic acids is 1. The Labute approximate surface area is 213 Å². The molecule has 0 aliphatic carbocycles. The van der Waals surface area contributed by atoms with Crippen LogP contribution in [0.2, 0.25) is 0 Å². The van der Waals surface area contributed by atoms with E-state index >= 15 is 0 Å². The molecule has 0 unspecified atom stereocenters. The zero-order chi connectivity index (χ0) is 26.7. The van der Waals surface area contributed by atoms with Crippen LogP contribution in [0.3, 0.4) is 0 Å². The number of ether oxygens (including phenoxy) is 2. The van der Waals surface area contributed by atoms with Crippen molar-refractivity contribution >= 4 is 17.3 Å². The Morgan fingerprint density at radius 3 is 2.44 bits per heavy atom. The third kappa shape index (κ3) is 6.69. The number of fused-ring (bicyclic) bond motifs is 1. The highest BCUT2D eigenvalue weighted by atomic mass is 16.6. The Morgan fingerprint density at radius 2 is 1.81 bits per heavy atom. The van der Waals surface area contributed by atoms with Crippen molar-refractivity contribution in [3.63, 3.8) is 0 Å². The molecule has 190 valence electrons. The van der Waals surface area contributed by atoms with Gasteiger partial charge < -0.3 is 14.8 Å². The third-order valence-corrected chi connectivity index (χ3v) is 5.60. The molecular formula is C28H35N5O3. The smallest absolute Gasteiger partial charge is 0.408 e. The average Bonchev–Trinajstić information content (AvgIpc) is 2.76. The molecule has 0 aliphatic heterocycles. The number of benzene rings is 1. The number of aromatic nitrogens is 3. The number of nitriles is 1. The second kappa shape index (κ2) is 10.5. The van der Waals surface area contributed by atoms with Gasteiger partial charge >= 0.3 is 6.09 Å². The second-order valence-electron chi connectivity index (χ2n) is 10.8. The van der Waals surface area contributed by atoms with Gasteiger partial charge in [-0.3, -0.25) is 0 Å². The summed E-state index contributed by atoms with van der Waals surface area (Å²) >= 11 is 0. The van der Waals surface area contributed by atoms with Gasteiger partial charge in [-0.05, 0) is 77.6 Å². The van der Waals surface area contributed by atoms with Gasteiger partial charge in [0.05, 0.1) is 22.5 Å². The van der Waals surface area contributed by atoms with E-state index in [1.165, 1.54) is 0 Å². The Hall–Kier alpha value is -3.73. The van der Waals surface area contributed by atoms with Gasteiger partial charge in [-0.1, -0.05) is 19.9 Å². The molecule has 8 heteroatoms. The quantitative estimate of drug-likeness (QED) is 0.441. The highest BCUT2D eigenvalue weighted by Crippen LogP contribution is 2.31. The number of carbonyl (C=O) groups is 1. The standard InChI is InChI=1S/C28H35N5O3/c1-17(2)14-28(8,33-26(34)36-27(5,6)7)16-35-23-10-9-20(13-21(23)15-29)22-11-12-30-25-24(22)31-18(3)19(4)32-25/h9-13,17H,14,16H2,1-8H3,(H,33,34)/t28-/m0/s1. The van der Waals surface area contributed by atoms with E-state index in [1.54, 1.807) is 18.3 Å². The SMILES string of the molecule is Cc1nc2nccc(-c3ccc(OC[C@](C)(CC(C)C)NC(=O)OC(C)(C)C)c(C#N)c3)c2nc1C. The minimum Gasteiger partial charge on any atom is -0.490 e. The summed E-state index contributed by atoms with van der Waals surface area (Å²) in [5, 5.41) is 12.8. The summed E-state index contributed by atoms with van der Waals surface area (Å²) in [7, 11) is 0. The monoisotopic (exact) mass is 489 g/mol. The number of rotatable bonds is 7. The van der Waals surface area contributed by atoms with E-state index in [9.17, 15) is 10.1 Å². The first-order valence-electron chi connectivity index (χ1n) is 12.1. The number of pyridine rings is 1. The molecular weight excluding hydrogens is 454 g/mol. The summed E-state index contributed by atoms with van der Waals surface area (Å²) in [4.78, 5) is 26.1. The van der Waals surface area contributed by atoms with Crippen molar-refractivity contribution in [3.05, 3.63) is 47.4 Å². The van der Waals surface area contributed by atoms with E-state index in [0.29, 0.717) is 34.8 Å². The van der Waals surface area contributed by atoms with Crippen LogP contribution in [-0.2, 0) is 4.74 Å². The zero-order valence-electron chi connectivity index (χ0n) is 22.4. The summed E-state index contributed by atoms with van der Waals surface area (Å²) in [5.41, 5.74) is 3.67. The molecule has 36 heavy (non-hydrogen) atoms. The van der Waals surface area contributed by atoms with Gasteiger partial charge in [-0.25, -0.2) is 19.7 Å². The van der Waals surface area contributed by atoms with E-state index < -0.39 is 17.2 Å². The van der Waals surface area contributed by atoms with Crippen LogP contribution in [0.4, 0.5) is 4.79 Å². The molecule has 0 saturated carbocycles. The number of aryl methyl sites for hydroxylation is 2. The van der Waals surface area contributed by atoms with Crippen LogP contribution in [0.5, 0.6) is 5.75 Å². The van der Waals surface area contributed by atoms with Crippen LogP contribution in [0.15, 0.2) is 30.5 Å². The molecule has 1 N–H and O–H groups in total. The third-order valence-electron chi connectivity index (χ3n) is 5.60. The van der Waals surface area contributed by atoms with Crippen molar-refractivity contribution in [2.75, 3.05) is 6.61 Å². The Bertz CT molecular complexity index is 1310. The average molecular weight is 490 g/mol. The normalized spacial score (nSPS) is 13.2. The molecule has 8 nitrogen and oxygen atoms in total. The predicted octanol–water partition coefficient (Wildman–Crippen LogP) is 5.89. The number of nitrogens with zero attached hydrogens (tertiary/aromatic N) is 4. The van der Waals surface area contributed by atoms with Crippen molar-refractivity contribution in [3.8, 4) is 22.9 Å². The lowest BCUT2D eigenvalue weighted by Crippen LogP contribution is -2.52.